The highest BCUT2D eigenvalue weighted by Gasteiger charge is 2.30. The van der Waals surface area contributed by atoms with Gasteiger partial charge in [0, 0.05) is 54.5 Å². The predicted octanol–water partition coefficient (Wildman–Crippen LogP) is 15.8. The van der Waals surface area contributed by atoms with Crippen molar-refractivity contribution in [1.29, 1.82) is 0 Å². The summed E-state index contributed by atoms with van der Waals surface area (Å²) in [7, 11) is 0. The maximum atomic E-state index is 5.56. The van der Waals surface area contributed by atoms with Gasteiger partial charge in [0.1, 0.15) is 5.65 Å². The molecule has 8 aromatic carbocycles. The van der Waals surface area contributed by atoms with Crippen LogP contribution in [0.1, 0.15) is 52.7 Å². The van der Waals surface area contributed by atoms with Crippen LogP contribution in [-0.4, -0.2) is 13.8 Å². The van der Waals surface area contributed by atoms with E-state index >= 15 is 0 Å². The molecule has 0 fully saturated rings. The van der Waals surface area contributed by atoms with Gasteiger partial charge >= 0.3 is 0 Å². The average Bonchev–Trinajstić information content (AvgIpc) is 3.99. The summed E-state index contributed by atoms with van der Waals surface area (Å²) in [5.74, 6) is 0. The standard InChI is InChI=1S/C57H44N4/c1-56(2,3)35-25-26-45-41(29-35)42-30-36(57(4,5)6)31-44-51-48-43-27-33-17-13-15-23-39(33)49-50-40-24-16-14-18-34(40)28-46(59(37-19-9-7-10-20-37)38-21-11-8-12-22-38)54(50)60(53(43)49)47(48)32-58-55(51)61(45)52(42)44/h7-32H,1-6H3. The molecule has 292 valence electrons. The van der Waals surface area contributed by atoms with E-state index in [1.165, 1.54) is 97.8 Å². The molecule has 0 aliphatic rings. The quantitative estimate of drug-likeness (QED) is 0.178. The Morgan fingerprint density at radius 2 is 0.967 bits per heavy atom. The highest BCUT2D eigenvalue weighted by atomic mass is 15.2. The third kappa shape index (κ3) is 4.57. The number of nitrogens with zero attached hydrogens (tertiary/aromatic N) is 4. The Balaban J connectivity index is 1.29. The van der Waals surface area contributed by atoms with Crippen LogP contribution in [0.25, 0.3) is 97.9 Å². The monoisotopic (exact) mass is 784 g/mol. The number of benzene rings is 8. The normalized spacial score (nSPS) is 13.1. The van der Waals surface area contributed by atoms with Crippen LogP contribution < -0.4 is 4.90 Å². The number of aromatic nitrogens is 3. The fourth-order valence-corrected chi connectivity index (χ4v) is 10.7. The van der Waals surface area contributed by atoms with Gasteiger partial charge in [-0.05, 0) is 104 Å². The Morgan fingerprint density at radius 3 is 1.62 bits per heavy atom. The molecule has 0 amide bonds. The second-order valence-electron chi connectivity index (χ2n) is 19.3. The molecule has 0 bridgehead atoms. The van der Waals surface area contributed by atoms with Crippen LogP contribution >= 0.6 is 0 Å². The molecule has 13 aromatic rings. The Bertz CT molecular complexity index is 3890. The van der Waals surface area contributed by atoms with Gasteiger partial charge in [0.25, 0.3) is 0 Å². The Kier molecular flexibility index (Phi) is 6.69. The Labute approximate surface area is 353 Å². The summed E-state index contributed by atoms with van der Waals surface area (Å²) < 4.78 is 5.03. The van der Waals surface area contributed by atoms with Gasteiger partial charge in [-0.3, -0.25) is 4.40 Å². The van der Waals surface area contributed by atoms with Gasteiger partial charge in [0.2, 0.25) is 0 Å². The number of hydrogen-bond donors (Lipinski definition) is 0. The van der Waals surface area contributed by atoms with Crippen molar-refractivity contribution in [3.05, 3.63) is 169 Å². The Morgan fingerprint density at radius 1 is 0.410 bits per heavy atom. The van der Waals surface area contributed by atoms with E-state index in [0.29, 0.717) is 0 Å². The minimum atomic E-state index is -0.0547. The van der Waals surface area contributed by atoms with Crippen molar-refractivity contribution >= 4 is 115 Å². The smallest absolute Gasteiger partial charge is 0.146 e. The molecule has 0 N–H and O–H groups in total. The van der Waals surface area contributed by atoms with Crippen molar-refractivity contribution < 1.29 is 0 Å². The lowest BCUT2D eigenvalue weighted by molar-refractivity contribution is 0.590. The largest absolute Gasteiger partial charge is 0.308 e. The molecule has 4 nitrogen and oxygen atoms in total. The molecule has 61 heavy (non-hydrogen) atoms. The molecular weight excluding hydrogens is 741 g/mol. The van der Waals surface area contributed by atoms with E-state index in [2.05, 4.69) is 213 Å². The van der Waals surface area contributed by atoms with Crippen molar-refractivity contribution in [2.24, 2.45) is 0 Å². The average molecular weight is 785 g/mol. The lowest BCUT2D eigenvalue weighted by Gasteiger charge is -2.27. The van der Waals surface area contributed by atoms with Crippen molar-refractivity contribution in [2.75, 3.05) is 4.90 Å². The van der Waals surface area contributed by atoms with Crippen LogP contribution in [0.15, 0.2) is 158 Å². The second-order valence-corrected chi connectivity index (χ2v) is 19.3. The predicted molar refractivity (Wildman–Crippen MR) is 261 cm³/mol. The van der Waals surface area contributed by atoms with Crippen LogP contribution in [0, 0.1) is 0 Å². The van der Waals surface area contributed by atoms with Gasteiger partial charge in [-0.15, -0.1) is 0 Å². The molecule has 0 aliphatic carbocycles. The number of hydrogen-bond acceptors (Lipinski definition) is 2. The van der Waals surface area contributed by atoms with Crippen LogP contribution in [0.5, 0.6) is 0 Å². The minimum Gasteiger partial charge on any atom is -0.308 e. The molecule has 0 atom stereocenters. The van der Waals surface area contributed by atoms with Crippen LogP contribution in [0.4, 0.5) is 17.1 Å². The van der Waals surface area contributed by atoms with Gasteiger partial charge in [0.05, 0.1) is 39.5 Å². The number of pyridine rings is 1. The van der Waals surface area contributed by atoms with Crippen LogP contribution in [0.2, 0.25) is 0 Å². The third-order valence-corrected chi connectivity index (χ3v) is 13.6. The lowest BCUT2D eigenvalue weighted by Crippen LogP contribution is -2.11. The molecule has 0 saturated carbocycles. The highest BCUT2D eigenvalue weighted by Crippen LogP contribution is 2.53. The van der Waals surface area contributed by atoms with Gasteiger partial charge < -0.3 is 9.30 Å². The summed E-state index contributed by atoms with van der Waals surface area (Å²) in [5.41, 5.74) is 13.1. The van der Waals surface area contributed by atoms with E-state index in [-0.39, 0.29) is 10.8 Å². The molecule has 13 rings (SSSR count). The number of fused-ring (bicyclic) bond motifs is 17. The zero-order valence-corrected chi connectivity index (χ0v) is 35.3. The first-order valence-electron chi connectivity index (χ1n) is 21.6. The number of rotatable bonds is 3. The number of anilines is 3. The molecule has 0 unspecified atom stereocenters. The van der Waals surface area contributed by atoms with Gasteiger partial charge in [-0.1, -0.05) is 133 Å². The molecule has 5 aromatic heterocycles. The number of para-hydroxylation sites is 2. The lowest BCUT2D eigenvalue weighted by atomic mass is 9.84. The van der Waals surface area contributed by atoms with Gasteiger partial charge in [-0.2, -0.15) is 0 Å². The first-order chi connectivity index (χ1) is 29.6. The molecular formula is C57H44N4. The maximum absolute atomic E-state index is 5.56. The summed E-state index contributed by atoms with van der Waals surface area (Å²) in [6.45, 7) is 13.9. The second kappa shape index (κ2) is 11.8. The molecule has 0 radical (unpaired) electrons. The molecule has 0 saturated heterocycles. The summed E-state index contributed by atoms with van der Waals surface area (Å²) in [6, 6.07) is 56.5. The zero-order chi connectivity index (χ0) is 41.1. The van der Waals surface area contributed by atoms with E-state index in [1.807, 2.05) is 0 Å². The zero-order valence-electron chi connectivity index (χ0n) is 35.3. The topological polar surface area (TPSA) is 24.9 Å². The molecule has 0 aliphatic heterocycles. The van der Waals surface area contributed by atoms with Crippen molar-refractivity contribution in [2.45, 2.75) is 52.4 Å². The fourth-order valence-electron chi connectivity index (χ4n) is 10.7. The summed E-state index contributed by atoms with van der Waals surface area (Å²) in [5, 5.41) is 15.2. The van der Waals surface area contributed by atoms with E-state index in [0.717, 1.165) is 28.2 Å². The third-order valence-electron chi connectivity index (χ3n) is 13.6. The van der Waals surface area contributed by atoms with E-state index in [4.69, 9.17) is 4.98 Å². The van der Waals surface area contributed by atoms with Gasteiger partial charge in [0.15, 0.2) is 0 Å². The summed E-state index contributed by atoms with van der Waals surface area (Å²) in [4.78, 5) is 8.01. The highest BCUT2D eigenvalue weighted by molar-refractivity contribution is 6.41. The minimum absolute atomic E-state index is 0.0344. The first-order valence-corrected chi connectivity index (χ1v) is 21.6. The van der Waals surface area contributed by atoms with E-state index in [1.54, 1.807) is 0 Å². The van der Waals surface area contributed by atoms with E-state index < -0.39 is 0 Å². The molecule has 0 spiro atoms. The SMILES string of the molecule is CC(C)(C)c1ccc2c(c1)c1cc(C(C)(C)C)cc3c4c5c6cc7ccccc7c7c8c9ccccc9cc(N(c9ccccc9)c9ccccc9)c8n(c5cnc4n2c13)c67. The summed E-state index contributed by atoms with van der Waals surface area (Å²) in [6.07, 6.45) is 2.17. The maximum Gasteiger partial charge on any atom is 0.146 e. The van der Waals surface area contributed by atoms with Crippen LogP contribution in [0.3, 0.4) is 0 Å². The van der Waals surface area contributed by atoms with Crippen molar-refractivity contribution in [3.8, 4) is 0 Å². The fraction of sp³-hybridized carbons (Fsp3) is 0.140. The first kappa shape index (κ1) is 34.7. The van der Waals surface area contributed by atoms with Crippen LogP contribution in [-0.2, 0) is 10.8 Å². The van der Waals surface area contributed by atoms with E-state index in [9.17, 15) is 0 Å². The molecule has 5 heterocycles. The Hall–Kier alpha value is -7.17. The van der Waals surface area contributed by atoms with Crippen molar-refractivity contribution in [3.63, 3.8) is 0 Å². The van der Waals surface area contributed by atoms with Crippen molar-refractivity contribution in [1.82, 2.24) is 13.8 Å². The van der Waals surface area contributed by atoms with Gasteiger partial charge in [-0.25, -0.2) is 4.98 Å². The summed E-state index contributed by atoms with van der Waals surface area (Å²) >= 11 is 0. The molecule has 4 heteroatoms.